The number of halogens is 1. The number of piperidine rings is 1. The molecular formula is C15H23BrN3O2S+. The van der Waals surface area contributed by atoms with Gasteiger partial charge in [0.2, 0.25) is 5.91 Å². The molecule has 0 spiro atoms. The molecule has 1 aliphatic rings. The van der Waals surface area contributed by atoms with Crippen molar-refractivity contribution in [1.29, 1.82) is 0 Å². The molecule has 5 nitrogen and oxygen atoms in total. The molecule has 0 bridgehead atoms. The van der Waals surface area contributed by atoms with Gasteiger partial charge in [-0.1, -0.05) is 0 Å². The molecule has 3 N–H and O–H groups in total. The Labute approximate surface area is 143 Å². The molecule has 2 heterocycles. The summed E-state index contributed by atoms with van der Waals surface area (Å²) in [5.74, 6) is -0.0343. The summed E-state index contributed by atoms with van der Waals surface area (Å²) in [4.78, 5) is 28.0. The van der Waals surface area contributed by atoms with Gasteiger partial charge in [-0.3, -0.25) is 9.59 Å². The number of carbonyl (C=O) groups excluding carboxylic acids is 2. The molecule has 22 heavy (non-hydrogen) atoms. The van der Waals surface area contributed by atoms with Crippen molar-refractivity contribution in [3.63, 3.8) is 0 Å². The van der Waals surface area contributed by atoms with Crippen LogP contribution in [-0.2, 0) is 16.1 Å². The first kappa shape index (κ1) is 17.4. The van der Waals surface area contributed by atoms with Crippen LogP contribution in [0.3, 0.4) is 0 Å². The van der Waals surface area contributed by atoms with E-state index in [9.17, 15) is 9.59 Å². The van der Waals surface area contributed by atoms with Gasteiger partial charge in [-0.15, -0.1) is 11.3 Å². The van der Waals surface area contributed by atoms with Crippen molar-refractivity contribution in [2.75, 3.05) is 26.2 Å². The molecule has 122 valence electrons. The maximum atomic E-state index is 12.5. The SMILES string of the molecule is CCN(Cc1ccc(Br)s1)C(=O)C[NH+]1CCC(C(N)=O)CC1. The van der Waals surface area contributed by atoms with Gasteiger partial charge in [0.15, 0.2) is 6.54 Å². The number of likely N-dealkylation sites (N-methyl/N-ethyl adjacent to an activating group) is 1. The Bertz CT molecular complexity index is 527. The van der Waals surface area contributed by atoms with Crippen molar-refractivity contribution in [1.82, 2.24) is 4.90 Å². The van der Waals surface area contributed by atoms with Crippen molar-refractivity contribution in [3.05, 3.63) is 20.8 Å². The maximum Gasteiger partial charge on any atom is 0.278 e. The van der Waals surface area contributed by atoms with Crippen LogP contribution in [0.25, 0.3) is 0 Å². The summed E-state index contributed by atoms with van der Waals surface area (Å²) in [5, 5.41) is 0. The van der Waals surface area contributed by atoms with Gasteiger partial charge in [0, 0.05) is 30.2 Å². The van der Waals surface area contributed by atoms with E-state index >= 15 is 0 Å². The first-order valence-corrected chi connectivity index (χ1v) is 9.25. The number of rotatable bonds is 6. The molecule has 1 saturated heterocycles. The maximum absolute atomic E-state index is 12.5. The summed E-state index contributed by atoms with van der Waals surface area (Å²) in [7, 11) is 0. The van der Waals surface area contributed by atoms with Gasteiger partial charge in [-0.25, -0.2) is 0 Å². The molecule has 1 aromatic heterocycles. The number of nitrogens with two attached hydrogens (primary N) is 1. The number of carbonyl (C=O) groups is 2. The van der Waals surface area contributed by atoms with Crippen LogP contribution in [0.4, 0.5) is 0 Å². The minimum atomic E-state index is -0.205. The molecule has 0 aliphatic carbocycles. The largest absolute Gasteiger partial charge is 0.369 e. The average Bonchev–Trinajstić information content (AvgIpc) is 2.90. The van der Waals surface area contributed by atoms with Crippen molar-refractivity contribution >= 4 is 39.1 Å². The van der Waals surface area contributed by atoms with Gasteiger partial charge in [0.1, 0.15) is 0 Å². The third-order valence-electron chi connectivity index (χ3n) is 4.21. The zero-order valence-electron chi connectivity index (χ0n) is 12.8. The Morgan fingerprint density at radius 1 is 1.41 bits per heavy atom. The van der Waals surface area contributed by atoms with Gasteiger partial charge in [0.25, 0.3) is 5.91 Å². The van der Waals surface area contributed by atoms with Crippen molar-refractivity contribution in [2.24, 2.45) is 11.7 Å². The van der Waals surface area contributed by atoms with Crippen LogP contribution in [0.2, 0.25) is 0 Å². The van der Waals surface area contributed by atoms with Crippen LogP contribution in [0, 0.1) is 5.92 Å². The lowest BCUT2D eigenvalue weighted by molar-refractivity contribution is -0.898. The first-order valence-electron chi connectivity index (χ1n) is 7.64. The van der Waals surface area contributed by atoms with Crippen LogP contribution in [0.5, 0.6) is 0 Å². The molecule has 1 aliphatic heterocycles. The van der Waals surface area contributed by atoms with Crippen molar-refractivity contribution in [3.8, 4) is 0 Å². The highest BCUT2D eigenvalue weighted by molar-refractivity contribution is 9.11. The second-order valence-corrected chi connectivity index (χ2v) is 8.26. The summed E-state index contributed by atoms with van der Waals surface area (Å²) in [6.45, 7) is 5.60. The fourth-order valence-electron chi connectivity index (χ4n) is 2.81. The van der Waals surface area contributed by atoms with Gasteiger partial charge in [-0.2, -0.15) is 0 Å². The highest BCUT2D eigenvalue weighted by Crippen LogP contribution is 2.23. The number of amides is 2. The van der Waals surface area contributed by atoms with E-state index in [1.165, 1.54) is 9.78 Å². The van der Waals surface area contributed by atoms with E-state index < -0.39 is 0 Å². The van der Waals surface area contributed by atoms with E-state index in [2.05, 4.69) is 22.0 Å². The number of primary amides is 1. The minimum absolute atomic E-state index is 0.00963. The number of hydrogen-bond donors (Lipinski definition) is 2. The second kappa shape index (κ2) is 8.08. The molecule has 2 rings (SSSR count). The third kappa shape index (κ3) is 4.79. The normalized spacial score (nSPS) is 21.5. The Morgan fingerprint density at radius 3 is 2.59 bits per heavy atom. The summed E-state index contributed by atoms with van der Waals surface area (Å²) in [5.41, 5.74) is 5.35. The Morgan fingerprint density at radius 2 is 2.09 bits per heavy atom. The van der Waals surface area contributed by atoms with Crippen LogP contribution in [0.1, 0.15) is 24.6 Å². The predicted molar refractivity (Wildman–Crippen MR) is 90.6 cm³/mol. The molecule has 1 aromatic rings. The molecule has 0 atom stereocenters. The number of nitrogens with one attached hydrogen (secondary N) is 1. The zero-order valence-corrected chi connectivity index (χ0v) is 15.2. The lowest BCUT2D eigenvalue weighted by atomic mass is 9.96. The van der Waals surface area contributed by atoms with E-state index in [1.54, 1.807) is 11.3 Å². The lowest BCUT2D eigenvalue weighted by Crippen LogP contribution is -3.14. The zero-order chi connectivity index (χ0) is 16.1. The highest BCUT2D eigenvalue weighted by atomic mass is 79.9. The first-order chi connectivity index (χ1) is 10.5. The predicted octanol–water partition coefficient (Wildman–Crippen LogP) is 0.639. The van der Waals surface area contributed by atoms with Crippen molar-refractivity contribution < 1.29 is 14.5 Å². The van der Waals surface area contributed by atoms with Crippen LogP contribution >= 0.6 is 27.3 Å². The summed E-state index contributed by atoms with van der Waals surface area (Å²) < 4.78 is 1.09. The molecule has 0 radical (unpaired) electrons. The van der Waals surface area contributed by atoms with Crippen LogP contribution in [0.15, 0.2) is 15.9 Å². The van der Waals surface area contributed by atoms with E-state index in [0.717, 1.165) is 29.7 Å². The molecule has 1 fully saturated rings. The monoisotopic (exact) mass is 388 g/mol. The Hall–Kier alpha value is -0.920. The molecule has 0 unspecified atom stereocenters. The van der Waals surface area contributed by atoms with Gasteiger partial charge < -0.3 is 15.5 Å². The summed E-state index contributed by atoms with van der Waals surface area (Å²) >= 11 is 5.11. The van der Waals surface area contributed by atoms with E-state index in [4.69, 9.17) is 5.73 Å². The van der Waals surface area contributed by atoms with Gasteiger partial charge in [0.05, 0.1) is 23.4 Å². The average molecular weight is 389 g/mol. The number of hydrogen-bond acceptors (Lipinski definition) is 3. The standard InChI is InChI=1S/C15H22BrN3O2S/c1-2-19(9-12-3-4-13(16)22-12)14(20)10-18-7-5-11(6-8-18)15(17)21/h3-4,11H,2,5-10H2,1H3,(H2,17,21)/p+1. The number of quaternary nitrogens is 1. The molecule has 0 aromatic carbocycles. The topological polar surface area (TPSA) is 67.8 Å². The fourth-order valence-corrected chi connectivity index (χ4v) is 4.31. The number of nitrogens with zero attached hydrogens (tertiary/aromatic N) is 1. The number of likely N-dealkylation sites (tertiary alicyclic amines) is 1. The van der Waals surface area contributed by atoms with Gasteiger partial charge in [-0.05, 0) is 35.0 Å². The molecule has 7 heteroatoms. The van der Waals surface area contributed by atoms with Crippen LogP contribution in [-0.4, -0.2) is 42.9 Å². The van der Waals surface area contributed by atoms with E-state index in [-0.39, 0.29) is 17.7 Å². The van der Waals surface area contributed by atoms with Crippen molar-refractivity contribution in [2.45, 2.75) is 26.3 Å². The second-order valence-electron chi connectivity index (χ2n) is 5.72. The van der Waals surface area contributed by atoms with E-state index in [1.807, 2.05) is 17.9 Å². The Kier molecular flexibility index (Phi) is 6.40. The quantitative estimate of drug-likeness (QED) is 0.750. The molecule has 0 saturated carbocycles. The summed E-state index contributed by atoms with van der Waals surface area (Å²) in [6.07, 6.45) is 1.59. The van der Waals surface area contributed by atoms with Crippen LogP contribution < -0.4 is 10.6 Å². The summed E-state index contributed by atoms with van der Waals surface area (Å²) in [6, 6.07) is 4.06. The highest BCUT2D eigenvalue weighted by Gasteiger charge is 2.28. The molecular weight excluding hydrogens is 366 g/mol. The molecule has 2 amide bonds. The number of thiophene rings is 1. The fraction of sp³-hybridized carbons (Fsp3) is 0.600. The Balaban J connectivity index is 1.83. The van der Waals surface area contributed by atoms with E-state index in [0.29, 0.717) is 19.6 Å². The minimum Gasteiger partial charge on any atom is -0.369 e. The van der Waals surface area contributed by atoms with Gasteiger partial charge >= 0.3 is 0 Å². The smallest absolute Gasteiger partial charge is 0.278 e. The lowest BCUT2D eigenvalue weighted by Gasteiger charge is -2.29. The third-order valence-corrected chi connectivity index (χ3v) is 5.81.